The van der Waals surface area contributed by atoms with Crippen LogP contribution in [0.15, 0.2) is 18.3 Å². The van der Waals surface area contributed by atoms with Crippen molar-refractivity contribution in [2.75, 3.05) is 18.9 Å². The lowest BCUT2D eigenvalue weighted by Gasteiger charge is -2.31. The second-order valence-corrected chi connectivity index (χ2v) is 3.62. The average Bonchev–Trinajstić information content (AvgIpc) is 2.19. The van der Waals surface area contributed by atoms with E-state index in [4.69, 9.17) is 10.5 Å². The number of anilines is 1. The van der Waals surface area contributed by atoms with Crippen LogP contribution in [0.4, 0.5) is 5.69 Å². The highest BCUT2D eigenvalue weighted by atomic mass is 16.5. The molecule has 0 aliphatic carbocycles. The molecule has 4 nitrogen and oxygen atoms in total. The molecule has 3 N–H and O–H groups in total. The first kappa shape index (κ1) is 9.43. The molecular formula is C10H14N2O2. The van der Waals surface area contributed by atoms with Crippen LogP contribution in [-0.4, -0.2) is 23.3 Å². The molecule has 1 aliphatic heterocycles. The third-order valence-corrected chi connectivity index (χ3v) is 2.58. The van der Waals surface area contributed by atoms with Crippen LogP contribution in [0.2, 0.25) is 0 Å². The monoisotopic (exact) mass is 194 g/mol. The van der Waals surface area contributed by atoms with Crippen LogP contribution in [0.25, 0.3) is 0 Å². The number of nitrogen functional groups attached to an aromatic ring is 1. The minimum Gasteiger partial charge on any atom is -0.399 e. The molecule has 2 heterocycles. The fourth-order valence-electron chi connectivity index (χ4n) is 1.67. The van der Waals surface area contributed by atoms with Gasteiger partial charge in [0.1, 0.15) is 5.60 Å². The van der Waals surface area contributed by atoms with Crippen LogP contribution in [-0.2, 0) is 10.3 Å². The van der Waals surface area contributed by atoms with Crippen LogP contribution in [0, 0.1) is 0 Å². The van der Waals surface area contributed by atoms with Gasteiger partial charge in [-0.15, -0.1) is 0 Å². The van der Waals surface area contributed by atoms with Crippen LogP contribution in [0.5, 0.6) is 0 Å². The molecule has 1 aromatic heterocycles. The van der Waals surface area contributed by atoms with Crippen molar-refractivity contribution in [3.8, 4) is 0 Å². The van der Waals surface area contributed by atoms with E-state index in [-0.39, 0.29) is 0 Å². The number of hydrogen-bond donors (Lipinski definition) is 2. The Morgan fingerprint density at radius 3 is 2.79 bits per heavy atom. The zero-order valence-electron chi connectivity index (χ0n) is 7.94. The normalized spacial score (nSPS) is 20.6. The number of pyridine rings is 1. The summed E-state index contributed by atoms with van der Waals surface area (Å²) in [4.78, 5) is 4.15. The Morgan fingerprint density at radius 2 is 2.14 bits per heavy atom. The summed E-state index contributed by atoms with van der Waals surface area (Å²) in [6.07, 6.45) is 2.80. The van der Waals surface area contributed by atoms with Crippen molar-refractivity contribution in [3.05, 3.63) is 24.0 Å². The van der Waals surface area contributed by atoms with E-state index in [9.17, 15) is 5.11 Å². The van der Waals surface area contributed by atoms with E-state index in [1.54, 1.807) is 18.3 Å². The lowest BCUT2D eigenvalue weighted by Crippen LogP contribution is -2.34. The van der Waals surface area contributed by atoms with Gasteiger partial charge in [0.05, 0.1) is 5.69 Å². The number of aliphatic hydroxyl groups is 1. The van der Waals surface area contributed by atoms with E-state index < -0.39 is 5.60 Å². The minimum atomic E-state index is -0.854. The minimum absolute atomic E-state index is 0.576. The second-order valence-electron chi connectivity index (χ2n) is 3.62. The Hall–Kier alpha value is -1.13. The van der Waals surface area contributed by atoms with Crippen molar-refractivity contribution in [1.29, 1.82) is 0 Å². The van der Waals surface area contributed by atoms with E-state index in [1.807, 2.05) is 0 Å². The largest absolute Gasteiger partial charge is 0.399 e. The molecule has 1 fully saturated rings. The lowest BCUT2D eigenvalue weighted by molar-refractivity contribution is -0.0705. The Balaban J connectivity index is 2.28. The third kappa shape index (κ3) is 1.71. The highest BCUT2D eigenvalue weighted by molar-refractivity contribution is 5.38. The summed E-state index contributed by atoms with van der Waals surface area (Å²) in [5.74, 6) is 0. The standard InChI is InChI=1S/C10H14N2O2/c11-8-1-4-12-9(7-8)10(13)2-5-14-6-3-10/h1,4,7,13H,2-3,5-6H2,(H2,11,12). The molecule has 0 saturated carbocycles. The molecule has 2 rings (SSSR count). The number of nitrogens with zero attached hydrogens (tertiary/aromatic N) is 1. The molecular weight excluding hydrogens is 180 g/mol. The summed E-state index contributed by atoms with van der Waals surface area (Å²) in [6, 6.07) is 3.44. The molecule has 1 aliphatic rings. The number of aromatic nitrogens is 1. The van der Waals surface area contributed by atoms with Gasteiger partial charge in [-0.05, 0) is 12.1 Å². The smallest absolute Gasteiger partial charge is 0.111 e. The predicted molar refractivity (Wildman–Crippen MR) is 52.6 cm³/mol. The quantitative estimate of drug-likeness (QED) is 0.689. The molecule has 14 heavy (non-hydrogen) atoms. The predicted octanol–water partition coefficient (Wildman–Crippen LogP) is 0.662. The Kier molecular flexibility index (Phi) is 2.39. The van der Waals surface area contributed by atoms with Gasteiger partial charge in [0.15, 0.2) is 0 Å². The number of rotatable bonds is 1. The van der Waals surface area contributed by atoms with E-state index in [1.165, 1.54) is 0 Å². The number of nitrogens with two attached hydrogens (primary N) is 1. The first-order chi connectivity index (χ1) is 6.71. The van der Waals surface area contributed by atoms with Crippen molar-refractivity contribution in [1.82, 2.24) is 4.98 Å². The summed E-state index contributed by atoms with van der Waals surface area (Å²) in [7, 11) is 0. The van der Waals surface area contributed by atoms with Crippen LogP contribution in [0.3, 0.4) is 0 Å². The van der Waals surface area contributed by atoms with Crippen molar-refractivity contribution >= 4 is 5.69 Å². The van der Waals surface area contributed by atoms with Gasteiger partial charge in [0.2, 0.25) is 0 Å². The van der Waals surface area contributed by atoms with Crippen LogP contribution < -0.4 is 5.73 Å². The maximum absolute atomic E-state index is 10.3. The molecule has 4 heteroatoms. The maximum Gasteiger partial charge on any atom is 0.111 e. The summed E-state index contributed by atoms with van der Waals surface area (Å²) < 4.78 is 5.20. The summed E-state index contributed by atoms with van der Waals surface area (Å²) in [5.41, 5.74) is 6.08. The molecule has 1 aromatic rings. The fourth-order valence-corrected chi connectivity index (χ4v) is 1.67. The fraction of sp³-hybridized carbons (Fsp3) is 0.500. The van der Waals surface area contributed by atoms with Gasteiger partial charge >= 0.3 is 0 Å². The maximum atomic E-state index is 10.3. The van der Waals surface area contributed by atoms with Crippen molar-refractivity contribution in [3.63, 3.8) is 0 Å². The van der Waals surface area contributed by atoms with Gasteiger partial charge in [-0.2, -0.15) is 0 Å². The molecule has 0 unspecified atom stereocenters. The van der Waals surface area contributed by atoms with Gasteiger partial charge in [-0.3, -0.25) is 4.98 Å². The first-order valence-corrected chi connectivity index (χ1v) is 4.73. The molecule has 0 aromatic carbocycles. The van der Waals surface area contributed by atoms with E-state index in [0.717, 1.165) is 0 Å². The molecule has 0 spiro atoms. The Labute approximate surface area is 82.7 Å². The van der Waals surface area contributed by atoms with E-state index >= 15 is 0 Å². The SMILES string of the molecule is Nc1ccnc(C2(O)CCOCC2)c1. The molecule has 0 radical (unpaired) electrons. The lowest BCUT2D eigenvalue weighted by atomic mass is 9.90. The zero-order valence-corrected chi connectivity index (χ0v) is 7.94. The first-order valence-electron chi connectivity index (χ1n) is 4.73. The van der Waals surface area contributed by atoms with Crippen molar-refractivity contribution < 1.29 is 9.84 Å². The van der Waals surface area contributed by atoms with E-state index in [2.05, 4.69) is 4.98 Å². The molecule has 0 atom stereocenters. The van der Waals surface area contributed by atoms with Crippen molar-refractivity contribution in [2.24, 2.45) is 0 Å². The van der Waals surface area contributed by atoms with Gasteiger partial charge in [-0.1, -0.05) is 0 Å². The molecule has 0 amide bonds. The van der Waals surface area contributed by atoms with Gasteiger partial charge in [0, 0.05) is 37.9 Å². The number of ether oxygens (including phenoxy) is 1. The van der Waals surface area contributed by atoms with Gasteiger partial charge in [-0.25, -0.2) is 0 Å². The highest BCUT2D eigenvalue weighted by Gasteiger charge is 2.33. The van der Waals surface area contributed by atoms with Gasteiger partial charge < -0.3 is 15.6 Å². The Bertz CT molecular complexity index is 322. The summed E-state index contributed by atoms with van der Waals surface area (Å²) in [6.45, 7) is 1.15. The Morgan fingerprint density at radius 1 is 1.43 bits per heavy atom. The van der Waals surface area contributed by atoms with Crippen LogP contribution in [0.1, 0.15) is 18.5 Å². The molecule has 0 bridgehead atoms. The summed E-state index contributed by atoms with van der Waals surface area (Å²) >= 11 is 0. The van der Waals surface area contributed by atoms with Crippen molar-refractivity contribution in [2.45, 2.75) is 18.4 Å². The highest BCUT2D eigenvalue weighted by Crippen LogP contribution is 2.30. The molecule has 76 valence electrons. The average molecular weight is 194 g/mol. The second kappa shape index (κ2) is 3.55. The van der Waals surface area contributed by atoms with Crippen LogP contribution >= 0.6 is 0 Å². The van der Waals surface area contributed by atoms with Gasteiger partial charge in [0.25, 0.3) is 0 Å². The number of hydrogen-bond acceptors (Lipinski definition) is 4. The summed E-state index contributed by atoms with van der Waals surface area (Å²) in [5, 5.41) is 10.3. The van der Waals surface area contributed by atoms with E-state index in [0.29, 0.717) is 37.4 Å². The topological polar surface area (TPSA) is 68.4 Å². The third-order valence-electron chi connectivity index (χ3n) is 2.58. The zero-order chi connectivity index (χ0) is 10.0. The molecule has 1 saturated heterocycles.